The first-order chi connectivity index (χ1) is 17.7. The van der Waals surface area contributed by atoms with Crippen LogP contribution >= 0.6 is 11.6 Å². The van der Waals surface area contributed by atoms with Crippen LogP contribution < -0.4 is 14.8 Å². The maximum absolute atomic E-state index is 14.3. The van der Waals surface area contributed by atoms with E-state index in [1.165, 1.54) is 17.1 Å². The van der Waals surface area contributed by atoms with E-state index in [4.69, 9.17) is 11.6 Å². The van der Waals surface area contributed by atoms with Crippen molar-refractivity contribution in [3.05, 3.63) is 83.0 Å². The smallest absolute Gasteiger partial charge is 0.363 e. The largest absolute Gasteiger partial charge is 0.416 e. The van der Waals surface area contributed by atoms with Crippen molar-refractivity contribution >= 4 is 40.4 Å². The minimum Gasteiger partial charge on any atom is -0.363 e. The van der Waals surface area contributed by atoms with Gasteiger partial charge in [0, 0.05) is 36.5 Å². The van der Waals surface area contributed by atoms with Crippen LogP contribution in [0.15, 0.2) is 72.0 Å². The molecule has 6 nitrogen and oxygen atoms in total. The van der Waals surface area contributed by atoms with Crippen molar-refractivity contribution in [2.24, 2.45) is 10.5 Å². The Balaban J connectivity index is 1.47. The van der Waals surface area contributed by atoms with Gasteiger partial charge in [0.1, 0.15) is 11.2 Å². The van der Waals surface area contributed by atoms with Crippen LogP contribution in [0.1, 0.15) is 18.1 Å². The monoisotopic (exact) mass is 525 g/mol. The number of hydrogen-bond donors (Lipinski definition) is 0. The molecule has 1 spiro atoms. The molecule has 0 radical (unpaired) electrons. The van der Waals surface area contributed by atoms with Crippen molar-refractivity contribution in [1.29, 1.82) is 0 Å². The normalized spacial score (nSPS) is 23.3. The Morgan fingerprint density at radius 2 is 1.84 bits per heavy atom. The summed E-state index contributed by atoms with van der Waals surface area (Å²) in [7, 11) is 0. The molecule has 0 bridgehead atoms. The van der Waals surface area contributed by atoms with Gasteiger partial charge in [-0.1, -0.05) is 17.7 Å². The number of pyridine rings is 1. The Kier molecular flexibility index (Phi) is 5.45. The lowest BCUT2D eigenvalue weighted by Gasteiger charge is -2.53. The average Bonchev–Trinajstić information content (AvgIpc) is 3.14. The zero-order valence-corrected chi connectivity index (χ0v) is 20.7. The molecule has 1 aromatic heterocycles. The highest BCUT2D eigenvalue weighted by Crippen LogP contribution is 2.49. The van der Waals surface area contributed by atoms with Crippen LogP contribution in [0.2, 0.25) is 5.02 Å². The molecule has 1 fully saturated rings. The second-order valence-corrected chi connectivity index (χ2v) is 10.0. The molecule has 1 amide bonds. The van der Waals surface area contributed by atoms with Crippen LogP contribution in [0.3, 0.4) is 0 Å². The van der Waals surface area contributed by atoms with Gasteiger partial charge in [0.15, 0.2) is 0 Å². The molecule has 37 heavy (non-hydrogen) atoms. The van der Waals surface area contributed by atoms with Crippen LogP contribution in [-0.2, 0) is 17.4 Å². The Hall–Kier alpha value is -3.59. The number of hydrazone groups is 1. The lowest BCUT2D eigenvalue weighted by Crippen LogP contribution is -2.67. The van der Waals surface area contributed by atoms with E-state index < -0.39 is 17.2 Å². The Morgan fingerprint density at radius 3 is 2.54 bits per heavy atom. The van der Waals surface area contributed by atoms with E-state index in [1.807, 2.05) is 18.2 Å². The number of piperazine rings is 1. The number of rotatable bonds is 2. The predicted octanol–water partition coefficient (Wildman–Crippen LogP) is 5.41. The zero-order valence-electron chi connectivity index (χ0n) is 19.9. The van der Waals surface area contributed by atoms with E-state index in [0.717, 1.165) is 17.6 Å². The first kappa shape index (κ1) is 23.8. The van der Waals surface area contributed by atoms with Crippen molar-refractivity contribution in [3.8, 4) is 0 Å². The molecule has 3 aromatic rings. The van der Waals surface area contributed by atoms with Gasteiger partial charge in [0.05, 0.1) is 23.0 Å². The van der Waals surface area contributed by atoms with Crippen LogP contribution in [-0.4, -0.2) is 42.3 Å². The van der Waals surface area contributed by atoms with Crippen molar-refractivity contribution in [1.82, 2.24) is 4.98 Å². The summed E-state index contributed by atoms with van der Waals surface area (Å²) in [6, 6.07) is 16.0. The molecule has 190 valence electrons. The molecule has 2 aromatic carbocycles. The van der Waals surface area contributed by atoms with E-state index in [-0.39, 0.29) is 18.4 Å². The van der Waals surface area contributed by atoms with Crippen LogP contribution in [0.4, 0.5) is 30.4 Å². The van der Waals surface area contributed by atoms with Gasteiger partial charge < -0.3 is 9.80 Å². The minimum atomic E-state index is -4.48. The van der Waals surface area contributed by atoms with Gasteiger partial charge in [-0.15, -0.1) is 0 Å². The molecule has 0 saturated carbocycles. The summed E-state index contributed by atoms with van der Waals surface area (Å²) in [6.07, 6.45) is -2.63. The molecule has 4 heterocycles. The number of carbonyl (C=O) groups excluding carboxylic acids is 1. The molecular formula is C27H23ClF3N5O. The molecule has 0 aliphatic carbocycles. The van der Waals surface area contributed by atoms with E-state index in [0.29, 0.717) is 41.6 Å². The molecule has 3 aliphatic heterocycles. The standard InChI is InChI=1S/C27H23ClF3N5O/c1-17-26(25(37)36(33-17)21-8-6-20(28)7-9-21)15-18-14-19(27(29,30)31)5-10-22(18)35-13-12-34(16-23(26)35)24-4-2-3-11-32-24/h2-11,14,23H,12-13,15-16H2,1H3/t23-,26+/m1/s1. The van der Waals surface area contributed by atoms with Crippen molar-refractivity contribution < 1.29 is 18.0 Å². The van der Waals surface area contributed by atoms with Crippen LogP contribution in [0, 0.1) is 5.41 Å². The van der Waals surface area contributed by atoms with Crippen molar-refractivity contribution in [2.45, 2.75) is 25.6 Å². The maximum Gasteiger partial charge on any atom is 0.416 e. The number of alkyl halides is 3. The number of amides is 1. The minimum absolute atomic E-state index is 0.127. The number of halogens is 4. The van der Waals surface area contributed by atoms with Gasteiger partial charge in [0.25, 0.3) is 5.91 Å². The Morgan fingerprint density at radius 1 is 1.05 bits per heavy atom. The topological polar surface area (TPSA) is 52.0 Å². The summed E-state index contributed by atoms with van der Waals surface area (Å²) in [5.41, 5.74) is 0.511. The molecule has 0 N–H and O–H groups in total. The fraction of sp³-hybridized carbons (Fsp3) is 0.296. The lowest BCUT2D eigenvalue weighted by molar-refractivity contribution is -0.137. The number of hydrogen-bond acceptors (Lipinski definition) is 5. The first-order valence-corrected chi connectivity index (χ1v) is 12.3. The fourth-order valence-corrected chi connectivity index (χ4v) is 5.94. The molecule has 0 unspecified atom stereocenters. The summed E-state index contributed by atoms with van der Waals surface area (Å²) in [5, 5.41) is 6.55. The van der Waals surface area contributed by atoms with E-state index in [9.17, 15) is 18.0 Å². The number of nitrogens with zero attached hydrogens (tertiary/aromatic N) is 5. The second-order valence-electron chi connectivity index (χ2n) is 9.61. The highest BCUT2D eigenvalue weighted by molar-refractivity contribution is 6.30. The van der Waals surface area contributed by atoms with E-state index in [1.54, 1.807) is 37.4 Å². The second kappa shape index (κ2) is 8.48. The zero-order chi connectivity index (χ0) is 25.9. The predicted molar refractivity (Wildman–Crippen MR) is 137 cm³/mol. The quantitative estimate of drug-likeness (QED) is 0.449. The van der Waals surface area contributed by atoms with E-state index in [2.05, 4.69) is 19.9 Å². The van der Waals surface area contributed by atoms with Crippen molar-refractivity contribution in [2.75, 3.05) is 34.4 Å². The van der Waals surface area contributed by atoms with Crippen LogP contribution in [0.5, 0.6) is 0 Å². The molecule has 3 aliphatic rings. The van der Waals surface area contributed by atoms with E-state index >= 15 is 0 Å². The van der Waals surface area contributed by atoms with Gasteiger partial charge in [-0.3, -0.25) is 4.79 Å². The summed E-state index contributed by atoms with van der Waals surface area (Å²) in [6.45, 7) is 3.42. The first-order valence-electron chi connectivity index (χ1n) is 12.0. The maximum atomic E-state index is 14.3. The summed E-state index contributed by atoms with van der Waals surface area (Å²) in [5.74, 6) is 0.540. The third-order valence-corrected chi connectivity index (χ3v) is 7.90. The average molecular weight is 526 g/mol. The Labute approximate surface area is 217 Å². The SMILES string of the molecule is CC1=NN(c2ccc(Cl)cc2)C(=O)[C@@]12Cc1cc(C(F)(F)F)ccc1N1CCN(c3ccccn3)C[C@@H]12. The van der Waals surface area contributed by atoms with Gasteiger partial charge in [-0.05, 0) is 73.5 Å². The van der Waals surface area contributed by atoms with Crippen molar-refractivity contribution in [3.63, 3.8) is 0 Å². The third-order valence-electron chi connectivity index (χ3n) is 7.65. The Bertz CT molecular complexity index is 1400. The number of fused-ring (bicyclic) bond motifs is 4. The van der Waals surface area contributed by atoms with Gasteiger partial charge in [0.2, 0.25) is 0 Å². The lowest BCUT2D eigenvalue weighted by atomic mass is 9.67. The van der Waals surface area contributed by atoms with Gasteiger partial charge in [-0.2, -0.15) is 23.3 Å². The summed E-state index contributed by atoms with van der Waals surface area (Å²) in [4.78, 5) is 23.0. The number of anilines is 3. The van der Waals surface area contributed by atoms with Crippen LogP contribution in [0.25, 0.3) is 0 Å². The highest BCUT2D eigenvalue weighted by atomic mass is 35.5. The molecule has 10 heteroatoms. The third kappa shape index (κ3) is 3.75. The number of benzene rings is 2. The number of carbonyl (C=O) groups is 1. The van der Waals surface area contributed by atoms with Gasteiger partial charge in [-0.25, -0.2) is 4.98 Å². The highest BCUT2D eigenvalue weighted by Gasteiger charge is 2.60. The summed E-state index contributed by atoms with van der Waals surface area (Å²) < 4.78 is 40.9. The molecular weight excluding hydrogens is 503 g/mol. The molecule has 1 saturated heterocycles. The molecule has 6 rings (SSSR count). The number of aromatic nitrogens is 1. The fourth-order valence-electron chi connectivity index (χ4n) is 5.82. The molecule has 2 atom stereocenters. The summed E-state index contributed by atoms with van der Waals surface area (Å²) >= 11 is 6.05. The van der Waals surface area contributed by atoms with Gasteiger partial charge >= 0.3 is 6.18 Å².